The first-order valence-electron chi connectivity index (χ1n) is 7.51. The number of thiophene rings is 1. The highest BCUT2D eigenvalue weighted by Gasteiger charge is 2.25. The third-order valence-electron chi connectivity index (χ3n) is 3.54. The van der Waals surface area contributed by atoms with Gasteiger partial charge in [-0.25, -0.2) is 8.42 Å². The molecule has 0 saturated carbocycles. The van der Waals surface area contributed by atoms with Crippen molar-refractivity contribution in [1.29, 1.82) is 0 Å². The first kappa shape index (κ1) is 18.6. The molecule has 1 aromatic heterocycles. The van der Waals surface area contributed by atoms with E-state index >= 15 is 0 Å². The summed E-state index contributed by atoms with van der Waals surface area (Å²) in [5.41, 5.74) is 1.58. The van der Waals surface area contributed by atoms with Gasteiger partial charge in [0.2, 0.25) is 5.91 Å². The molecular formula is C17H22N2O3S2. The third kappa shape index (κ3) is 4.23. The highest BCUT2D eigenvalue weighted by atomic mass is 32.2. The quantitative estimate of drug-likeness (QED) is 0.883. The molecule has 1 heterocycles. The lowest BCUT2D eigenvalue weighted by Crippen LogP contribution is -2.35. The number of hydrogen-bond donors (Lipinski definition) is 1. The Morgan fingerprint density at radius 2 is 1.83 bits per heavy atom. The topological polar surface area (TPSA) is 66.5 Å². The Hall–Kier alpha value is -1.70. The molecule has 1 N–H and O–H groups in total. The van der Waals surface area contributed by atoms with E-state index < -0.39 is 10.0 Å². The molecule has 0 bridgehead atoms. The monoisotopic (exact) mass is 366 g/mol. The van der Waals surface area contributed by atoms with Crippen LogP contribution in [0, 0.1) is 0 Å². The molecule has 0 aliphatic heterocycles. The molecule has 7 heteroatoms. The van der Waals surface area contributed by atoms with Crippen LogP contribution in [0.25, 0.3) is 0 Å². The van der Waals surface area contributed by atoms with E-state index in [1.807, 2.05) is 24.3 Å². The molecule has 0 aliphatic rings. The van der Waals surface area contributed by atoms with Gasteiger partial charge in [-0.05, 0) is 28.5 Å². The highest BCUT2D eigenvalue weighted by Crippen LogP contribution is 2.29. The predicted molar refractivity (Wildman–Crippen MR) is 97.9 cm³/mol. The lowest BCUT2D eigenvalue weighted by molar-refractivity contribution is -0.116. The molecule has 5 nitrogen and oxygen atoms in total. The summed E-state index contributed by atoms with van der Waals surface area (Å²) in [4.78, 5) is 12.3. The lowest BCUT2D eigenvalue weighted by atomic mass is 9.86. The molecule has 0 fully saturated rings. The average molecular weight is 367 g/mol. The fourth-order valence-electron chi connectivity index (χ4n) is 2.29. The number of rotatable bonds is 5. The molecule has 2 aromatic rings. The number of amides is 1. The van der Waals surface area contributed by atoms with E-state index in [4.69, 9.17) is 0 Å². The number of hydrogen-bond acceptors (Lipinski definition) is 4. The van der Waals surface area contributed by atoms with Crippen LogP contribution in [0.15, 0.2) is 46.0 Å². The Balaban J connectivity index is 2.12. The number of benzene rings is 1. The summed E-state index contributed by atoms with van der Waals surface area (Å²) in [5, 5.41) is 4.52. The van der Waals surface area contributed by atoms with Crippen molar-refractivity contribution in [2.75, 3.05) is 18.9 Å². The molecule has 0 atom stereocenters. The van der Waals surface area contributed by atoms with Crippen LogP contribution in [-0.2, 0) is 20.2 Å². The minimum atomic E-state index is -3.63. The number of para-hydroxylation sites is 1. The average Bonchev–Trinajstić information content (AvgIpc) is 3.01. The van der Waals surface area contributed by atoms with Crippen molar-refractivity contribution in [3.63, 3.8) is 0 Å². The van der Waals surface area contributed by atoms with Gasteiger partial charge in [0.05, 0.1) is 6.54 Å². The van der Waals surface area contributed by atoms with Gasteiger partial charge in [0, 0.05) is 12.7 Å². The largest absolute Gasteiger partial charge is 0.325 e. The smallest absolute Gasteiger partial charge is 0.252 e. The Kier molecular flexibility index (Phi) is 5.47. The summed E-state index contributed by atoms with van der Waals surface area (Å²) >= 11 is 1.13. The second-order valence-corrected chi connectivity index (χ2v) is 9.76. The van der Waals surface area contributed by atoms with Crippen molar-refractivity contribution in [2.24, 2.45) is 0 Å². The first-order valence-corrected chi connectivity index (χ1v) is 9.83. The maximum Gasteiger partial charge on any atom is 0.252 e. The molecule has 0 spiro atoms. The van der Waals surface area contributed by atoms with Crippen molar-refractivity contribution >= 4 is 33.0 Å². The van der Waals surface area contributed by atoms with Crippen molar-refractivity contribution in [1.82, 2.24) is 4.31 Å². The Morgan fingerprint density at radius 3 is 2.42 bits per heavy atom. The minimum absolute atomic E-state index is 0.126. The first-order chi connectivity index (χ1) is 11.1. The van der Waals surface area contributed by atoms with E-state index in [0.717, 1.165) is 21.2 Å². The zero-order valence-electron chi connectivity index (χ0n) is 14.2. The van der Waals surface area contributed by atoms with Crippen molar-refractivity contribution in [3.05, 3.63) is 47.3 Å². The van der Waals surface area contributed by atoms with E-state index in [1.165, 1.54) is 13.1 Å². The number of nitrogens with one attached hydrogen (secondary N) is 1. The number of anilines is 1. The summed E-state index contributed by atoms with van der Waals surface area (Å²) in [7, 11) is -2.22. The van der Waals surface area contributed by atoms with E-state index in [0.29, 0.717) is 5.69 Å². The summed E-state index contributed by atoms with van der Waals surface area (Å²) in [6.45, 7) is 5.95. The second-order valence-electron chi connectivity index (χ2n) is 6.54. The van der Waals surface area contributed by atoms with Crippen molar-refractivity contribution in [3.8, 4) is 0 Å². The van der Waals surface area contributed by atoms with Crippen molar-refractivity contribution in [2.45, 2.75) is 30.4 Å². The molecular weight excluding hydrogens is 344 g/mol. The fourth-order valence-corrected chi connectivity index (χ4v) is 4.62. The number of nitrogens with zero attached hydrogens (tertiary/aromatic N) is 1. The van der Waals surface area contributed by atoms with Crippen LogP contribution in [0.5, 0.6) is 0 Å². The van der Waals surface area contributed by atoms with E-state index in [-0.39, 0.29) is 22.1 Å². The van der Waals surface area contributed by atoms with E-state index in [9.17, 15) is 13.2 Å². The van der Waals surface area contributed by atoms with E-state index in [2.05, 4.69) is 26.1 Å². The highest BCUT2D eigenvalue weighted by molar-refractivity contribution is 7.91. The van der Waals surface area contributed by atoms with Gasteiger partial charge >= 0.3 is 0 Å². The molecule has 130 valence electrons. The van der Waals surface area contributed by atoms with Gasteiger partial charge in [-0.15, -0.1) is 11.3 Å². The van der Waals surface area contributed by atoms with Crippen molar-refractivity contribution < 1.29 is 13.2 Å². The Labute approximate surface area is 147 Å². The van der Waals surface area contributed by atoms with Gasteiger partial charge < -0.3 is 5.32 Å². The maximum atomic E-state index is 12.4. The molecule has 24 heavy (non-hydrogen) atoms. The summed E-state index contributed by atoms with van der Waals surface area (Å²) < 4.78 is 26.0. The Morgan fingerprint density at radius 1 is 1.17 bits per heavy atom. The second kappa shape index (κ2) is 7.04. The Bertz CT molecular complexity index is 807. The van der Waals surface area contributed by atoms with Gasteiger partial charge in [0.15, 0.2) is 0 Å². The zero-order valence-corrected chi connectivity index (χ0v) is 15.9. The molecule has 0 aliphatic carbocycles. The molecule has 0 radical (unpaired) electrons. The molecule has 1 aromatic carbocycles. The maximum absolute atomic E-state index is 12.4. The van der Waals surface area contributed by atoms with Crippen LogP contribution in [-0.4, -0.2) is 32.2 Å². The van der Waals surface area contributed by atoms with Crippen LogP contribution >= 0.6 is 11.3 Å². The van der Waals surface area contributed by atoms with Crippen LogP contribution < -0.4 is 5.32 Å². The van der Waals surface area contributed by atoms with Crippen LogP contribution in [0.4, 0.5) is 5.69 Å². The SMILES string of the molecule is CN(CC(=O)Nc1ccccc1C(C)(C)C)S(=O)(=O)c1cccs1. The zero-order chi connectivity index (χ0) is 18.0. The van der Waals surface area contributed by atoms with Gasteiger partial charge in [0.1, 0.15) is 4.21 Å². The summed E-state index contributed by atoms with van der Waals surface area (Å²) in [6, 6.07) is 10.8. The predicted octanol–water partition coefficient (Wildman–Crippen LogP) is 3.30. The third-order valence-corrected chi connectivity index (χ3v) is 6.71. The van der Waals surface area contributed by atoms with Gasteiger partial charge in [-0.3, -0.25) is 4.79 Å². The molecule has 0 unspecified atom stereocenters. The number of sulfonamides is 1. The fraction of sp³-hybridized carbons (Fsp3) is 0.353. The summed E-state index contributed by atoms with van der Waals surface area (Å²) in [5.74, 6) is -0.366. The molecule has 2 rings (SSSR count). The lowest BCUT2D eigenvalue weighted by Gasteiger charge is -2.23. The van der Waals surface area contributed by atoms with Gasteiger partial charge in [-0.1, -0.05) is 45.0 Å². The molecule has 0 saturated heterocycles. The normalized spacial score (nSPS) is 12.4. The number of carbonyl (C=O) groups is 1. The molecule has 1 amide bonds. The standard InChI is InChI=1S/C17H22N2O3S2/c1-17(2,3)13-8-5-6-9-14(13)18-15(20)12-19(4)24(21,22)16-10-7-11-23-16/h5-11H,12H2,1-4H3,(H,18,20). The van der Waals surface area contributed by atoms with Crippen LogP contribution in [0.1, 0.15) is 26.3 Å². The summed E-state index contributed by atoms with van der Waals surface area (Å²) in [6.07, 6.45) is 0. The van der Waals surface area contributed by atoms with Crippen LogP contribution in [0.3, 0.4) is 0 Å². The van der Waals surface area contributed by atoms with Gasteiger partial charge in [0.25, 0.3) is 10.0 Å². The number of likely N-dealkylation sites (N-methyl/N-ethyl adjacent to an activating group) is 1. The minimum Gasteiger partial charge on any atom is -0.325 e. The van der Waals surface area contributed by atoms with Gasteiger partial charge in [-0.2, -0.15) is 4.31 Å². The van der Waals surface area contributed by atoms with E-state index in [1.54, 1.807) is 11.4 Å². The van der Waals surface area contributed by atoms with Crippen LogP contribution in [0.2, 0.25) is 0 Å². The number of carbonyl (C=O) groups excluding carboxylic acids is 1.